The van der Waals surface area contributed by atoms with Gasteiger partial charge in [-0.3, -0.25) is 0 Å². The highest BCUT2D eigenvalue weighted by atomic mass is 79.9. The van der Waals surface area contributed by atoms with Crippen molar-refractivity contribution in [3.05, 3.63) is 34.5 Å². The predicted octanol–water partition coefficient (Wildman–Crippen LogP) is 2.50. The maximum atomic E-state index is 11.3. The number of carbonyl (C=O) groups excluding carboxylic acids is 1. The number of aromatic nitrogens is 1. The molecule has 0 unspecified atom stereocenters. The molecule has 5 heteroatoms. The van der Waals surface area contributed by atoms with Gasteiger partial charge in [0.25, 0.3) is 0 Å². The quantitative estimate of drug-likeness (QED) is 0.864. The van der Waals surface area contributed by atoms with Gasteiger partial charge < -0.3 is 10.1 Å². The Hall–Kier alpha value is -1.36. The number of methoxy groups -OCH3 is 1. The molecule has 0 amide bonds. The van der Waals surface area contributed by atoms with Crippen LogP contribution in [0.3, 0.4) is 0 Å². The highest BCUT2D eigenvalue weighted by Crippen LogP contribution is 2.12. The van der Waals surface area contributed by atoms with Crippen molar-refractivity contribution in [2.24, 2.45) is 0 Å². The second-order valence-electron chi connectivity index (χ2n) is 3.19. The summed E-state index contributed by atoms with van der Waals surface area (Å²) in [5.41, 5.74) is 1.11. The number of aryl methyl sites for hydroxylation is 1. The SMILES string of the molecule is C=C(Br)CNc1ccc(C(=O)OC)c(C)n1. The van der Waals surface area contributed by atoms with Crippen LogP contribution < -0.4 is 5.32 Å². The first-order valence-electron chi connectivity index (χ1n) is 4.67. The van der Waals surface area contributed by atoms with Gasteiger partial charge in [-0.1, -0.05) is 22.5 Å². The molecule has 0 saturated heterocycles. The molecule has 0 radical (unpaired) electrons. The first-order chi connectivity index (χ1) is 7.54. The normalized spacial score (nSPS) is 9.69. The van der Waals surface area contributed by atoms with E-state index in [1.54, 1.807) is 19.1 Å². The number of nitrogens with zero attached hydrogens (tertiary/aromatic N) is 1. The zero-order valence-electron chi connectivity index (χ0n) is 9.21. The summed E-state index contributed by atoms with van der Waals surface area (Å²) >= 11 is 3.24. The molecule has 86 valence electrons. The van der Waals surface area contributed by atoms with E-state index in [2.05, 4.69) is 37.5 Å². The number of halogens is 1. The van der Waals surface area contributed by atoms with Gasteiger partial charge in [-0.25, -0.2) is 9.78 Å². The Balaban J connectivity index is 2.82. The standard InChI is InChI=1S/C11H13BrN2O2/c1-7(12)6-13-10-5-4-9(8(2)14-10)11(15)16-3/h4-5H,1,6H2,2-3H3,(H,13,14). The molecule has 1 N–H and O–H groups in total. The average molecular weight is 285 g/mol. The summed E-state index contributed by atoms with van der Waals surface area (Å²) in [6.45, 7) is 6.06. The average Bonchev–Trinajstić information content (AvgIpc) is 2.25. The second kappa shape index (κ2) is 5.65. The first kappa shape index (κ1) is 12.7. The summed E-state index contributed by atoms with van der Waals surface area (Å²) in [6.07, 6.45) is 0. The lowest BCUT2D eigenvalue weighted by molar-refractivity contribution is 0.0599. The van der Waals surface area contributed by atoms with Gasteiger partial charge in [-0.15, -0.1) is 0 Å². The highest BCUT2D eigenvalue weighted by molar-refractivity contribution is 9.11. The van der Waals surface area contributed by atoms with E-state index in [1.807, 2.05) is 0 Å². The number of carbonyl (C=O) groups is 1. The van der Waals surface area contributed by atoms with Crippen molar-refractivity contribution < 1.29 is 9.53 Å². The number of nitrogens with one attached hydrogen (secondary N) is 1. The van der Waals surface area contributed by atoms with E-state index in [0.29, 0.717) is 23.6 Å². The molecule has 4 nitrogen and oxygen atoms in total. The number of ether oxygens (including phenoxy) is 1. The van der Waals surface area contributed by atoms with Crippen molar-refractivity contribution in [2.75, 3.05) is 19.0 Å². The van der Waals surface area contributed by atoms with Crippen LogP contribution in [-0.2, 0) is 4.74 Å². The fourth-order valence-electron chi connectivity index (χ4n) is 1.17. The largest absolute Gasteiger partial charge is 0.465 e. The third-order valence-electron chi connectivity index (χ3n) is 1.95. The van der Waals surface area contributed by atoms with Crippen LogP contribution in [0.5, 0.6) is 0 Å². The molecule has 1 aromatic heterocycles. The lowest BCUT2D eigenvalue weighted by Gasteiger charge is -2.07. The number of esters is 1. The van der Waals surface area contributed by atoms with Gasteiger partial charge in [0.2, 0.25) is 0 Å². The van der Waals surface area contributed by atoms with Gasteiger partial charge in [0.05, 0.1) is 18.4 Å². The molecule has 1 rings (SSSR count). The number of pyridine rings is 1. The summed E-state index contributed by atoms with van der Waals surface area (Å²) in [7, 11) is 1.35. The van der Waals surface area contributed by atoms with Crippen molar-refractivity contribution in [1.29, 1.82) is 0 Å². The van der Waals surface area contributed by atoms with E-state index < -0.39 is 0 Å². The molecule has 1 heterocycles. The molecule has 0 aromatic carbocycles. The molecule has 0 fully saturated rings. The van der Waals surface area contributed by atoms with Crippen molar-refractivity contribution >= 4 is 27.7 Å². The van der Waals surface area contributed by atoms with Crippen LogP contribution in [0.4, 0.5) is 5.82 Å². The van der Waals surface area contributed by atoms with Crippen molar-refractivity contribution in [2.45, 2.75) is 6.92 Å². The van der Waals surface area contributed by atoms with E-state index in [1.165, 1.54) is 7.11 Å². The zero-order valence-corrected chi connectivity index (χ0v) is 10.8. The molecule has 0 aliphatic rings. The molecular formula is C11H13BrN2O2. The third kappa shape index (κ3) is 3.34. The number of hydrogen-bond donors (Lipinski definition) is 1. The minimum Gasteiger partial charge on any atom is -0.465 e. The van der Waals surface area contributed by atoms with Gasteiger partial charge in [-0.2, -0.15) is 0 Å². The molecular weight excluding hydrogens is 272 g/mol. The first-order valence-corrected chi connectivity index (χ1v) is 5.47. The maximum Gasteiger partial charge on any atom is 0.339 e. The van der Waals surface area contributed by atoms with Gasteiger partial charge in [-0.05, 0) is 19.1 Å². The lowest BCUT2D eigenvalue weighted by atomic mass is 10.2. The molecule has 0 aliphatic carbocycles. The minimum atomic E-state index is -0.374. The van der Waals surface area contributed by atoms with Crippen LogP contribution in [0, 0.1) is 6.92 Å². The Morgan fingerprint density at radius 3 is 2.81 bits per heavy atom. The predicted molar refractivity (Wildman–Crippen MR) is 66.9 cm³/mol. The van der Waals surface area contributed by atoms with E-state index in [4.69, 9.17) is 0 Å². The lowest BCUT2D eigenvalue weighted by Crippen LogP contribution is -2.08. The summed E-state index contributed by atoms with van der Waals surface area (Å²) in [5, 5.41) is 3.06. The summed E-state index contributed by atoms with van der Waals surface area (Å²) in [6, 6.07) is 3.42. The Bertz CT molecular complexity index is 418. The number of rotatable bonds is 4. The molecule has 0 atom stereocenters. The Labute approximate surface area is 103 Å². The maximum absolute atomic E-state index is 11.3. The fraction of sp³-hybridized carbons (Fsp3) is 0.273. The molecule has 0 spiro atoms. The highest BCUT2D eigenvalue weighted by Gasteiger charge is 2.10. The fourth-order valence-corrected chi connectivity index (χ4v) is 1.31. The van der Waals surface area contributed by atoms with E-state index >= 15 is 0 Å². The Kier molecular flexibility index (Phi) is 4.49. The third-order valence-corrected chi connectivity index (χ3v) is 2.23. The Morgan fingerprint density at radius 2 is 2.31 bits per heavy atom. The molecule has 0 bridgehead atoms. The summed E-state index contributed by atoms with van der Waals surface area (Å²) in [4.78, 5) is 15.5. The second-order valence-corrected chi connectivity index (χ2v) is 4.31. The molecule has 0 saturated carbocycles. The number of anilines is 1. The topological polar surface area (TPSA) is 51.2 Å². The van der Waals surface area contributed by atoms with Crippen molar-refractivity contribution in [3.63, 3.8) is 0 Å². The zero-order chi connectivity index (χ0) is 12.1. The van der Waals surface area contributed by atoms with Gasteiger partial charge >= 0.3 is 5.97 Å². The van der Waals surface area contributed by atoms with Crippen LogP contribution in [0.1, 0.15) is 16.1 Å². The van der Waals surface area contributed by atoms with Crippen LogP contribution >= 0.6 is 15.9 Å². The minimum absolute atomic E-state index is 0.374. The summed E-state index contributed by atoms with van der Waals surface area (Å²) < 4.78 is 5.47. The van der Waals surface area contributed by atoms with Crippen molar-refractivity contribution in [1.82, 2.24) is 4.98 Å². The van der Waals surface area contributed by atoms with E-state index in [0.717, 1.165) is 4.48 Å². The number of hydrogen-bond acceptors (Lipinski definition) is 4. The van der Waals surface area contributed by atoms with Gasteiger partial charge in [0.1, 0.15) is 5.82 Å². The van der Waals surface area contributed by atoms with Crippen molar-refractivity contribution in [3.8, 4) is 0 Å². The van der Waals surface area contributed by atoms with Gasteiger partial charge in [0, 0.05) is 11.0 Å². The summed E-state index contributed by atoms with van der Waals surface area (Å²) in [5.74, 6) is 0.326. The monoisotopic (exact) mass is 284 g/mol. The molecule has 1 aromatic rings. The molecule has 16 heavy (non-hydrogen) atoms. The van der Waals surface area contributed by atoms with E-state index in [9.17, 15) is 4.79 Å². The van der Waals surface area contributed by atoms with Crippen LogP contribution in [-0.4, -0.2) is 24.6 Å². The molecule has 0 aliphatic heterocycles. The van der Waals surface area contributed by atoms with Gasteiger partial charge in [0.15, 0.2) is 0 Å². The smallest absolute Gasteiger partial charge is 0.339 e. The van der Waals surface area contributed by atoms with Crippen LogP contribution in [0.2, 0.25) is 0 Å². The Morgan fingerprint density at radius 1 is 1.62 bits per heavy atom. The van der Waals surface area contributed by atoms with E-state index in [-0.39, 0.29) is 5.97 Å². The van der Waals surface area contributed by atoms with Crippen LogP contribution in [0.25, 0.3) is 0 Å². The van der Waals surface area contributed by atoms with Crippen LogP contribution in [0.15, 0.2) is 23.2 Å².